The van der Waals surface area contributed by atoms with Crippen LogP contribution in [0.2, 0.25) is 0 Å². The second kappa shape index (κ2) is 4.47. The molecule has 17 heavy (non-hydrogen) atoms. The van der Waals surface area contributed by atoms with E-state index < -0.39 is 0 Å². The zero-order valence-corrected chi connectivity index (χ0v) is 9.81. The summed E-state index contributed by atoms with van der Waals surface area (Å²) in [6, 6.07) is 6.15. The van der Waals surface area contributed by atoms with Gasteiger partial charge in [0.15, 0.2) is 0 Å². The summed E-state index contributed by atoms with van der Waals surface area (Å²) < 4.78 is 1.19. The fraction of sp³-hybridized carbons (Fsp3) is 0.0833. The molecule has 1 N–H and O–H groups in total. The normalized spacial score (nSPS) is 10.6. The first-order valence-corrected chi connectivity index (χ1v) is 6.12. The van der Waals surface area contributed by atoms with E-state index >= 15 is 0 Å². The highest BCUT2D eigenvalue weighted by Gasteiger charge is 1.99. The number of benzene rings is 1. The molecule has 84 valence electrons. The van der Waals surface area contributed by atoms with Crippen LogP contribution in [0.1, 0.15) is 5.69 Å². The second-order valence-electron chi connectivity index (χ2n) is 3.59. The molecular weight excluding hydrogens is 232 g/mol. The maximum absolute atomic E-state index is 4.25. The Morgan fingerprint density at radius 3 is 3.06 bits per heavy atom. The summed E-state index contributed by atoms with van der Waals surface area (Å²) in [5, 5.41) is 3.32. The number of hydrogen-bond donors (Lipinski definition) is 1. The van der Waals surface area contributed by atoms with Crippen LogP contribution in [0.15, 0.2) is 42.3 Å². The number of nitrogens with one attached hydrogen (secondary N) is 1. The zero-order valence-electron chi connectivity index (χ0n) is 9.00. The molecule has 4 nitrogen and oxygen atoms in total. The Bertz CT molecular complexity index is 620. The number of thiazole rings is 1. The van der Waals surface area contributed by atoms with E-state index in [1.54, 1.807) is 29.9 Å². The van der Waals surface area contributed by atoms with Gasteiger partial charge in [0.25, 0.3) is 0 Å². The number of fused-ring (bicyclic) bond motifs is 1. The molecule has 0 bridgehead atoms. The van der Waals surface area contributed by atoms with Crippen molar-refractivity contribution in [2.24, 2.45) is 0 Å². The van der Waals surface area contributed by atoms with Gasteiger partial charge in [-0.05, 0) is 18.2 Å². The summed E-state index contributed by atoms with van der Waals surface area (Å²) >= 11 is 1.64. The van der Waals surface area contributed by atoms with Crippen LogP contribution in [-0.4, -0.2) is 15.0 Å². The van der Waals surface area contributed by atoms with Gasteiger partial charge >= 0.3 is 0 Å². The van der Waals surface area contributed by atoms with Crippen LogP contribution in [0.5, 0.6) is 0 Å². The Morgan fingerprint density at radius 2 is 2.18 bits per heavy atom. The second-order valence-corrected chi connectivity index (χ2v) is 4.47. The minimum Gasteiger partial charge on any atom is -0.379 e. The van der Waals surface area contributed by atoms with Crippen LogP contribution >= 0.6 is 11.3 Å². The monoisotopic (exact) mass is 242 g/mol. The maximum Gasteiger partial charge on any atom is 0.0813 e. The smallest absolute Gasteiger partial charge is 0.0813 e. The van der Waals surface area contributed by atoms with Gasteiger partial charge in [-0.25, -0.2) is 4.98 Å². The molecule has 0 radical (unpaired) electrons. The van der Waals surface area contributed by atoms with E-state index in [1.807, 2.05) is 17.6 Å². The lowest BCUT2D eigenvalue weighted by Crippen LogP contribution is -2.01. The molecule has 2 heterocycles. The molecule has 0 saturated carbocycles. The Kier molecular flexibility index (Phi) is 2.67. The van der Waals surface area contributed by atoms with Crippen molar-refractivity contribution in [3.8, 4) is 0 Å². The SMILES string of the molecule is c1cnc(CNc2ccc3ncsc3c2)cn1. The van der Waals surface area contributed by atoms with Gasteiger partial charge in [-0.2, -0.15) is 0 Å². The quantitative estimate of drug-likeness (QED) is 0.767. The van der Waals surface area contributed by atoms with Crippen LogP contribution in [0.3, 0.4) is 0 Å². The number of rotatable bonds is 3. The Balaban J connectivity index is 1.76. The minimum atomic E-state index is 0.679. The predicted molar refractivity (Wildman–Crippen MR) is 69.0 cm³/mol. The summed E-state index contributed by atoms with van der Waals surface area (Å²) in [5.74, 6) is 0. The minimum absolute atomic E-state index is 0.679. The summed E-state index contributed by atoms with van der Waals surface area (Å²) in [4.78, 5) is 12.5. The molecule has 5 heteroatoms. The van der Waals surface area contributed by atoms with Crippen molar-refractivity contribution in [1.29, 1.82) is 0 Å². The molecule has 0 spiro atoms. The first-order chi connectivity index (χ1) is 8.42. The van der Waals surface area contributed by atoms with E-state index in [2.05, 4.69) is 26.3 Å². The standard InChI is InChI=1S/C12H10N4S/c1-2-11-12(17-8-16-11)5-9(1)15-7-10-6-13-3-4-14-10/h1-6,8,15H,7H2. The lowest BCUT2D eigenvalue weighted by molar-refractivity contribution is 1.01. The lowest BCUT2D eigenvalue weighted by Gasteiger charge is -2.05. The van der Waals surface area contributed by atoms with Gasteiger partial charge < -0.3 is 5.32 Å². The Morgan fingerprint density at radius 1 is 1.18 bits per heavy atom. The average Bonchev–Trinajstić information content (AvgIpc) is 2.85. The molecule has 0 aliphatic heterocycles. The van der Waals surface area contributed by atoms with Gasteiger partial charge in [-0.15, -0.1) is 11.3 Å². The molecule has 0 saturated heterocycles. The van der Waals surface area contributed by atoms with Crippen LogP contribution in [0, 0.1) is 0 Å². The van der Waals surface area contributed by atoms with Crippen molar-refractivity contribution in [2.45, 2.75) is 6.54 Å². The van der Waals surface area contributed by atoms with E-state index in [4.69, 9.17) is 0 Å². The number of aromatic nitrogens is 3. The summed E-state index contributed by atoms with van der Waals surface area (Å²) in [6.07, 6.45) is 5.13. The molecule has 0 atom stereocenters. The highest BCUT2D eigenvalue weighted by atomic mass is 32.1. The van der Waals surface area contributed by atoms with Crippen molar-refractivity contribution in [1.82, 2.24) is 15.0 Å². The molecule has 0 amide bonds. The van der Waals surface area contributed by atoms with E-state index in [-0.39, 0.29) is 0 Å². The van der Waals surface area contributed by atoms with Crippen molar-refractivity contribution in [2.75, 3.05) is 5.32 Å². The van der Waals surface area contributed by atoms with Gasteiger partial charge in [0.2, 0.25) is 0 Å². The van der Waals surface area contributed by atoms with Crippen molar-refractivity contribution in [3.63, 3.8) is 0 Å². The average molecular weight is 242 g/mol. The van der Waals surface area contributed by atoms with Crippen LogP contribution < -0.4 is 5.32 Å². The fourth-order valence-electron chi connectivity index (χ4n) is 1.58. The van der Waals surface area contributed by atoms with E-state index in [1.165, 1.54) is 4.70 Å². The Hall–Kier alpha value is -2.01. The highest BCUT2D eigenvalue weighted by Crippen LogP contribution is 2.21. The van der Waals surface area contributed by atoms with Crippen molar-refractivity contribution < 1.29 is 0 Å². The van der Waals surface area contributed by atoms with Gasteiger partial charge in [0.1, 0.15) is 0 Å². The van der Waals surface area contributed by atoms with Crippen molar-refractivity contribution in [3.05, 3.63) is 48.0 Å². The molecular formula is C12H10N4S. The molecule has 1 aromatic carbocycles. The molecule has 2 aromatic heterocycles. The first-order valence-electron chi connectivity index (χ1n) is 5.24. The maximum atomic E-state index is 4.25. The largest absolute Gasteiger partial charge is 0.379 e. The van der Waals surface area contributed by atoms with Gasteiger partial charge in [0, 0.05) is 18.1 Å². The molecule has 0 fully saturated rings. The van der Waals surface area contributed by atoms with E-state index in [0.717, 1.165) is 16.9 Å². The third-order valence-electron chi connectivity index (χ3n) is 2.42. The number of anilines is 1. The predicted octanol–water partition coefficient (Wildman–Crippen LogP) is 2.70. The van der Waals surface area contributed by atoms with E-state index in [0.29, 0.717) is 6.54 Å². The fourth-order valence-corrected chi connectivity index (χ4v) is 2.30. The van der Waals surface area contributed by atoms with Crippen LogP contribution in [0.4, 0.5) is 5.69 Å². The zero-order chi connectivity index (χ0) is 11.5. The lowest BCUT2D eigenvalue weighted by atomic mass is 10.3. The molecule has 0 aliphatic rings. The summed E-state index contributed by atoms with van der Waals surface area (Å²) in [7, 11) is 0. The first kappa shape index (κ1) is 10.2. The summed E-state index contributed by atoms with van der Waals surface area (Å²) in [5.41, 5.74) is 4.90. The number of nitrogens with zero attached hydrogens (tertiary/aromatic N) is 3. The van der Waals surface area contributed by atoms with E-state index in [9.17, 15) is 0 Å². The molecule has 0 unspecified atom stereocenters. The van der Waals surface area contributed by atoms with Crippen LogP contribution in [0.25, 0.3) is 10.2 Å². The number of hydrogen-bond acceptors (Lipinski definition) is 5. The van der Waals surface area contributed by atoms with Gasteiger partial charge in [-0.1, -0.05) is 0 Å². The third kappa shape index (κ3) is 2.24. The molecule has 3 aromatic rings. The third-order valence-corrected chi connectivity index (χ3v) is 3.21. The molecule has 3 rings (SSSR count). The van der Waals surface area contributed by atoms with Gasteiger partial charge in [-0.3, -0.25) is 9.97 Å². The molecule has 0 aliphatic carbocycles. The highest BCUT2D eigenvalue weighted by molar-refractivity contribution is 7.16. The van der Waals surface area contributed by atoms with Crippen LogP contribution in [-0.2, 0) is 6.54 Å². The van der Waals surface area contributed by atoms with Crippen molar-refractivity contribution >= 4 is 27.2 Å². The summed E-state index contributed by atoms with van der Waals surface area (Å²) in [6.45, 7) is 0.679. The topological polar surface area (TPSA) is 50.7 Å². The van der Waals surface area contributed by atoms with Gasteiger partial charge in [0.05, 0.1) is 34.2 Å². The Labute approximate surface area is 102 Å².